The van der Waals surface area contributed by atoms with Crippen molar-refractivity contribution in [3.05, 3.63) is 35.9 Å². The van der Waals surface area contributed by atoms with Gasteiger partial charge in [0.15, 0.2) is 0 Å². The fraction of sp³-hybridized carbons (Fsp3) is 0.588. The SMILES string of the molecule is Cl.O=C(c1ccccc1)N1CCC(C2CCNCC2)CC1. The third kappa shape index (κ3) is 3.98. The summed E-state index contributed by atoms with van der Waals surface area (Å²) in [7, 11) is 0. The number of rotatable bonds is 2. The molecule has 2 heterocycles. The molecule has 2 fully saturated rings. The standard InChI is InChI=1S/C17H24N2O.ClH/c20-17(16-4-2-1-3-5-16)19-12-8-15(9-13-19)14-6-10-18-11-7-14;/h1-5,14-15,18H,6-13H2;1H. The van der Waals surface area contributed by atoms with E-state index in [0.717, 1.165) is 30.5 Å². The Balaban J connectivity index is 0.00000161. The molecule has 2 saturated heterocycles. The van der Waals surface area contributed by atoms with E-state index in [0.29, 0.717) is 0 Å². The number of benzene rings is 1. The number of nitrogens with one attached hydrogen (secondary N) is 1. The molecule has 0 aliphatic carbocycles. The van der Waals surface area contributed by atoms with Crippen molar-refractivity contribution in [2.45, 2.75) is 25.7 Å². The van der Waals surface area contributed by atoms with Crippen LogP contribution in [0, 0.1) is 11.8 Å². The predicted octanol–water partition coefficient (Wildman–Crippen LogP) is 2.96. The first-order valence-electron chi connectivity index (χ1n) is 7.89. The van der Waals surface area contributed by atoms with Crippen LogP contribution in [0.4, 0.5) is 0 Å². The molecule has 1 aromatic rings. The van der Waals surface area contributed by atoms with Crippen LogP contribution in [0.25, 0.3) is 0 Å². The highest BCUT2D eigenvalue weighted by atomic mass is 35.5. The summed E-state index contributed by atoms with van der Waals surface area (Å²) >= 11 is 0. The topological polar surface area (TPSA) is 32.3 Å². The fourth-order valence-corrected chi connectivity index (χ4v) is 3.65. The van der Waals surface area contributed by atoms with Crippen molar-refractivity contribution in [3.8, 4) is 0 Å². The summed E-state index contributed by atoms with van der Waals surface area (Å²) in [6.45, 7) is 4.21. The Hall–Kier alpha value is -1.06. The number of carbonyl (C=O) groups is 1. The van der Waals surface area contributed by atoms with Crippen molar-refractivity contribution in [2.24, 2.45) is 11.8 Å². The van der Waals surface area contributed by atoms with Gasteiger partial charge in [-0.2, -0.15) is 0 Å². The molecule has 3 rings (SSSR count). The number of nitrogens with zero attached hydrogens (tertiary/aromatic N) is 1. The van der Waals surface area contributed by atoms with Gasteiger partial charge in [-0.25, -0.2) is 0 Å². The molecule has 0 atom stereocenters. The van der Waals surface area contributed by atoms with Crippen molar-refractivity contribution in [1.82, 2.24) is 10.2 Å². The highest BCUT2D eigenvalue weighted by Gasteiger charge is 2.29. The van der Waals surface area contributed by atoms with Gasteiger partial charge in [0.05, 0.1) is 0 Å². The van der Waals surface area contributed by atoms with E-state index >= 15 is 0 Å². The summed E-state index contributed by atoms with van der Waals surface area (Å²) in [5.74, 6) is 1.91. The van der Waals surface area contributed by atoms with Crippen molar-refractivity contribution < 1.29 is 4.79 Å². The first-order chi connectivity index (χ1) is 9.84. The molecule has 1 aromatic carbocycles. The van der Waals surface area contributed by atoms with Crippen molar-refractivity contribution in [3.63, 3.8) is 0 Å². The van der Waals surface area contributed by atoms with Crippen LogP contribution < -0.4 is 5.32 Å². The fourth-order valence-electron chi connectivity index (χ4n) is 3.65. The van der Waals surface area contributed by atoms with Gasteiger partial charge in [-0.15, -0.1) is 12.4 Å². The number of halogens is 1. The molecule has 0 bridgehead atoms. The average Bonchev–Trinajstić information content (AvgIpc) is 2.56. The summed E-state index contributed by atoms with van der Waals surface area (Å²) in [4.78, 5) is 14.4. The second-order valence-electron chi connectivity index (χ2n) is 6.08. The van der Waals surface area contributed by atoms with E-state index in [1.807, 2.05) is 35.2 Å². The Bertz CT molecular complexity index is 437. The van der Waals surface area contributed by atoms with Crippen molar-refractivity contribution >= 4 is 18.3 Å². The lowest BCUT2D eigenvalue weighted by atomic mass is 9.79. The van der Waals surface area contributed by atoms with Gasteiger partial charge in [0, 0.05) is 18.7 Å². The maximum Gasteiger partial charge on any atom is 0.253 e. The Labute approximate surface area is 133 Å². The third-order valence-corrected chi connectivity index (χ3v) is 4.90. The van der Waals surface area contributed by atoms with Gasteiger partial charge in [-0.1, -0.05) is 18.2 Å². The number of amides is 1. The third-order valence-electron chi connectivity index (χ3n) is 4.90. The predicted molar refractivity (Wildman–Crippen MR) is 87.9 cm³/mol. The van der Waals surface area contributed by atoms with Crippen LogP contribution in [-0.4, -0.2) is 37.0 Å². The molecular weight excluding hydrogens is 284 g/mol. The van der Waals surface area contributed by atoms with Crippen LogP contribution >= 0.6 is 12.4 Å². The monoisotopic (exact) mass is 308 g/mol. The van der Waals surface area contributed by atoms with Gasteiger partial charge < -0.3 is 10.2 Å². The van der Waals surface area contributed by atoms with Crippen LogP contribution in [0.5, 0.6) is 0 Å². The van der Waals surface area contributed by atoms with Gasteiger partial charge >= 0.3 is 0 Å². The molecule has 21 heavy (non-hydrogen) atoms. The van der Waals surface area contributed by atoms with Gasteiger partial charge in [0.1, 0.15) is 0 Å². The van der Waals surface area contributed by atoms with Gasteiger partial charge in [-0.3, -0.25) is 4.79 Å². The molecule has 0 aromatic heterocycles. The second kappa shape index (κ2) is 7.81. The summed E-state index contributed by atoms with van der Waals surface area (Å²) < 4.78 is 0. The van der Waals surface area contributed by atoms with E-state index in [-0.39, 0.29) is 18.3 Å². The molecule has 0 saturated carbocycles. The van der Waals surface area contributed by atoms with Crippen LogP contribution in [0.3, 0.4) is 0 Å². The molecule has 3 nitrogen and oxygen atoms in total. The number of likely N-dealkylation sites (tertiary alicyclic amines) is 1. The lowest BCUT2D eigenvalue weighted by molar-refractivity contribution is 0.0642. The lowest BCUT2D eigenvalue weighted by Crippen LogP contribution is -2.42. The Morgan fingerprint density at radius 2 is 1.52 bits per heavy atom. The second-order valence-corrected chi connectivity index (χ2v) is 6.08. The average molecular weight is 309 g/mol. The zero-order valence-corrected chi connectivity index (χ0v) is 13.3. The smallest absolute Gasteiger partial charge is 0.253 e. The van der Waals surface area contributed by atoms with Gasteiger partial charge in [-0.05, 0) is 62.7 Å². The molecular formula is C17H25ClN2O. The van der Waals surface area contributed by atoms with E-state index in [9.17, 15) is 4.79 Å². The summed E-state index contributed by atoms with van der Waals surface area (Å²) in [6.07, 6.45) is 5.00. The molecule has 2 aliphatic rings. The highest BCUT2D eigenvalue weighted by molar-refractivity contribution is 5.94. The summed E-state index contributed by atoms with van der Waals surface area (Å²) in [5, 5.41) is 3.44. The number of hydrogen-bond donors (Lipinski definition) is 1. The number of piperidine rings is 2. The minimum absolute atomic E-state index is 0. The lowest BCUT2D eigenvalue weighted by Gasteiger charge is -2.37. The normalized spacial score (nSPS) is 20.9. The van der Waals surface area contributed by atoms with E-state index in [1.165, 1.54) is 38.8 Å². The Morgan fingerprint density at radius 3 is 2.14 bits per heavy atom. The molecule has 4 heteroatoms. The van der Waals surface area contributed by atoms with E-state index in [2.05, 4.69) is 5.32 Å². The van der Waals surface area contributed by atoms with Crippen LogP contribution in [0.1, 0.15) is 36.0 Å². The molecule has 0 unspecified atom stereocenters. The molecule has 0 radical (unpaired) electrons. The number of hydrogen-bond acceptors (Lipinski definition) is 2. The molecule has 116 valence electrons. The highest BCUT2D eigenvalue weighted by Crippen LogP contribution is 2.31. The van der Waals surface area contributed by atoms with Crippen LogP contribution in [0.15, 0.2) is 30.3 Å². The van der Waals surface area contributed by atoms with Crippen molar-refractivity contribution in [1.29, 1.82) is 0 Å². The Morgan fingerprint density at radius 1 is 0.952 bits per heavy atom. The quantitative estimate of drug-likeness (QED) is 0.911. The first kappa shape index (κ1) is 16.3. The maximum absolute atomic E-state index is 12.4. The maximum atomic E-state index is 12.4. The van der Waals surface area contributed by atoms with Crippen LogP contribution in [-0.2, 0) is 0 Å². The van der Waals surface area contributed by atoms with E-state index in [1.54, 1.807) is 0 Å². The molecule has 2 aliphatic heterocycles. The van der Waals surface area contributed by atoms with Gasteiger partial charge in [0.25, 0.3) is 5.91 Å². The zero-order chi connectivity index (χ0) is 13.8. The summed E-state index contributed by atoms with van der Waals surface area (Å²) in [6, 6.07) is 9.67. The number of carbonyl (C=O) groups excluding carboxylic acids is 1. The first-order valence-corrected chi connectivity index (χ1v) is 7.89. The molecule has 1 N–H and O–H groups in total. The molecule has 0 spiro atoms. The minimum atomic E-state index is 0. The largest absolute Gasteiger partial charge is 0.339 e. The molecule has 1 amide bonds. The van der Waals surface area contributed by atoms with Gasteiger partial charge in [0.2, 0.25) is 0 Å². The Kier molecular flexibility index (Phi) is 6.07. The minimum Gasteiger partial charge on any atom is -0.339 e. The van der Waals surface area contributed by atoms with E-state index < -0.39 is 0 Å². The summed E-state index contributed by atoms with van der Waals surface area (Å²) in [5.41, 5.74) is 0.827. The van der Waals surface area contributed by atoms with Crippen molar-refractivity contribution in [2.75, 3.05) is 26.2 Å². The zero-order valence-electron chi connectivity index (χ0n) is 12.5. The van der Waals surface area contributed by atoms with E-state index in [4.69, 9.17) is 0 Å². The van der Waals surface area contributed by atoms with Crippen LogP contribution in [0.2, 0.25) is 0 Å².